The summed E-state index contributed by atoms with van der Waals surface area (Å²) >= 11 is 3.42. The topological polar surface area (TPSA) is 38.1 Å². The summed E-state index contributed by atoms with van der Waals surface area (Å²) in [5.74, 6) is 0. The number of hydrogen-bond acceptors (Lipinski definition) is 2. The van der Waals surface area contributed by atoms with Gasteiger partial charge in [0.1, 0.15) is 0 Å². The third kappa shape index (κ3) is 4.80. The molecule has 0 aromatic carbocycles. The van der Waals surface area contributed by atoms with Crippen LogP contribution in [0.4, 0.5) is 0 Å². The Labute approximate surface area is 112 Å². The van der Waals surface area contributed by atoms with E-state index in [0.717, 1.165) is 23.0 Å². The molecule has 0 fully saturated rings. The standard InChI is InChI=1S/C13H23BrN2O/c1-3-4-5-6-7-8-9-12(17)13-11(14)10-15-16(13)2/h10,12,17H,3-9H2,1-2H3. The Morgan fingerprint density at radius 3 is 2.53 bits per heavy atom. The molecule has 1 rings (SSSR count). The van der Waals surface area contributed by atoms with Gasteiger partial charge in [-0.1, -0.05) is 45.4 Å². The van der Waals surface area contributed by atoms with Crippen LogP contribution in [-0.2, 0) is 7.05 Å². The van der Waals surface area contributed by atoms with Crippen LogP contribution in [0.3, 0.4) is 0 Å². The quantitative estimate of drug-likeness (QED) is 0.738. The van der Waals surface area contributed by atoms with Crippen molar-refractivity contribution in [1.29, 1.82) is 0 Å². The number of rotatable bonds is 8. The first kappa shape index (κ1) is 14.7. The second-order valence-corrected chi connectivity index (χ2v) is 5.43. The average molecular weight is 303 g/mol. The lowest BCUT2D eigenvalue weighted by Gasteiger charge is -2.11. The van der Waals surface area contributed by atoms with Gasteiger partial charge in [0.25, 0.3) is 0 Å². The Balaban J connectivity index is 2.23. The van der Waals surface area contributed by atoms with Gasteiger partial charge in [-0.2, -0.15) is 5.10 Å². The summed E-state index contributed by atoms with van der Waals surface area (Å²) in [4.78, 5) is 0. The lowest BCUT2D eigenvalue weighted by Crippen LogP contribution is -2.05. The Kier molecular flexibility index (Phi) is 6.82. The summed E-state index contributed by atoms with van der Waals surface area (Å²) in [5.41, 5.74) is 0.888. The van der Waals surface area contributed by atoms with E-state index < -0.39 is 6.10 Å². The van der Waals surface area contributed by atoms with Crippen LogP contribution in [0, 0.1) is 0 Å². The molecular formula is C13H23BrN2O. The Morgan fingerprint density at radius 2 is 1.94 bits per heavy atom. The molecule has 0 aliphatic rings. The second-order valence-electron chi connectivity index (χ2n) is 4.57. The highest BCUT2D eigenvalue weighted by molar-refractivity contribution is 9.10. The van der Waals surface area contributed by atoms with Gasteiger partial charge in [0.05, 0.1) is 22.5 Å². The molecule has 1 unspecified atom stereocenters. The van der Waals surface area contributed by atoms with E-state index in [1.807, 2.05) is 7.05 Å². The molecule has 1 aromatic heterocycles. The van der Waals surface area contributed by atoms with Gasteiger partial charge >= 0.3 is 0 Å². The molecule has 0 bridgehead atoms. The predicted octanol–water partition coefficient (Wildman–Crippen LogP) is 3.97. The first-order chi connectivity index (χ1) is 8.16. The molecular weight excluding hydrogens is 280 g/mol. The minimum atomic E-state index is -0.400. The van der Waals surface area contributed by atoms with Crippen molar-refractivity contribution in [2.75, 3.05) is 0 Å². The summed E-state index contributed by atoms with van der Waals surface area (Å²) in [6, 6.07) is 0. The van der Waals surface area contributed by atoms with E-state index in [1.165, 1.54) is 32.1 Å². The molecule has 0 amide bonds. The van der Waals surface area contributed by atoms with Crippen molar-refractivity contribution in [2.45, 2.75) is 58.0 Å². The van der Waals surface area contributed by atoms with Gasteiger partial charge in [-0.05, 0) is 22.4 Å². The minimum absolute atomic E-state index is 0.400. The van der Waals surface area contributed by atoms with Crippen LogP contribution in [0.2, 0.25) is 0 Å². The van der Waals surface area contributed by atoms with E-state index in [1.54, 1.807) is 10.9 Å². The average Bonchev–Trinajstić information content (AvgIpc) is 2.63. The van der Waals surface area contributed by atoms with E-state index in [-0.39, 0.29) is 0 Å². The number of aliphatic hydroxyl groups is 1. The zero-order valence-corrected chi connectivity index (χ0v) is 12.4. The van der Waals surface area contributed by atoms with Gasteiger partial charge in [0, 0.05) is 7.05 Å². The normalized spacial score (nSPS) is 12.9. The maximum atomic E-state index is 10.1. The second kappa shape index (κ2) is 7.88. The summed E-state index contributed by atoms with van der Waals surface area (Å²) < 4.78 is 2.64. The van der Waals surface area contributed by atoms with Gasteiger partial charge in [-0.3, -0.25) is 4.68 Å². The third-order valence-corrected chi connectivity index (χ3v) is 3.70. The zero-order valence-electron chi connectivity index (χ0n) is 10.8. The molecule has 1 atom stereocenters. The Morgan fingerprint density at radius 1 is 1.29 bits per heavy atom. The largest absolute Gasteiger partial charge is 0.387 e. The maximum absolute atomic E-state index is 10.1. The lowest BCUT2D eigenvalue weighted by atomic mass is 10.1. The minimum Gasteiger partial charge on any atom is -0.387 e. The SMILES string of the molecule is CCCCCCCCC(O)c1c(Br)cnn1C. The fraction of sp³-hybridized carbons (Fsp3) is 0.769. The van der Waals surface area contributed by atoms with E-state index >= 15 is 0 Å². The summed E-state index contributed by atoms with van der Waals surface area (Å²) in [7, 11) is 1.87. The van der Waals surface area contributed by atoms with Gasteiger partial charge in [-0.25, -0.2) is 0 Å². The van der Waals surface area contributed by atoms with Gasteiger partial charge in [0.15, 0.2) is 0 Å². The smallest absolute Gasteiger partial charge is 0.0968 e. The maximum Gasteiger partial charge on any atom is 0.0968 e. The Hall–Kier alpha value is -0.350. The van der Waals surface area contributed by atoms with E-state index in [9.17, 15) is 5.11 Å². The number of aryl methyl sites for hydroxylation is 1. The Bertz CT molecular complexity index is 306. The van der Waals surface area contributed by atoms with Gasteiger partial charge in [0.2, 0.25) is 0 Å². The van der Waals surface area contributed by atoms with Crippen molar-refractivity contribution in [3.05, 3.63) is 16.4 Å². The fourth-order valence-electron chi connectivity index (χ4n) is 2.05. The van der Waals surface area contributed by atoms with Crippen LogP contribution < -0.4 is 0 Å². The third-order valence-electron chi connectivity index (χ3n) is 3.08. The summed E-state index contributed by atoms with van der Waals surface area (Å²) in [5, 5.41) is 14.2. The molecule has 17 heavy (non-hydrogen) atoms. The molecule has 0 saturated heterocycles. The van der Waals surface area contributed by atoms with E-state index in [0.29, 0.717) is 0 Å². The van der Waals surface area contributed by atoms with Gasteiger partial charge in [-0.15, -0.1) is 0 Å². The fourth-order valence-corrected chi connectivity index (χ4v) is 2.66. The highest BCUT2D eigenvalue weighted by Gasteiger charge is 2.15. The van der Waals surface area contributed by atoms with E-state index in [4.69, 9.17) is 0 Å². The number of aromatic nitrogens is 2. The number of nitrogens with zero attached hydrogens (tertiary/aromatic N) is 2. The molecule has 3 nitrogen and oxygen atoms in total. The lowest BCUT2D eigenvalue weighted by molar-refractivity contribution is 0.153. The van der Waals surface area contributed by atoms with Crippen molar-refractivity contribution >= 4 is 15.9 Å². The van der Waals surface area contributed by atoms with Crippen LogP contribution in [0.5, 0.6) is 0 Å². The molecule has 1 N–H and O–H groups in total. The van der Waals surface area contributed by atoms with Crippen molar-refractivity contribution in [3.8, 4) is 0 Å². The highest BCUT2D eigenvalue weighted by Crippen LogP contribution is 2.26. The summed E-state index contributed by atoms with van der Waals surface area (Å²) in [6.45, 7) is 2.23. The highest BCUT2D eigenvalue weighted by atomic mass is 79.9. The van der Waals surface area contributed by atoms with Crippen molar-refractivity contribution in [1.82, 2.24) is 9.78 Å². The van der Waals surface area contributed by atoms with Crippen molar-refractivity contribution in [3.63, 3.8) is 0 Å². The van der Waals surface area contributed by atoms with Gasteiger partial charge < -0.3 is 5.11 Å². The zero-order chi connectivity index (χ0) is 12.7. The van der Waals surface area contributed by atoms with Crippen LogP contribution in [0.1, 0.15) is 63.7 Å². The molecule has 1 aromatic rings. The molecule has 4 heteroatoms. The molecule has 0 aliphatic carbocycles. The molecule has 0 aliphatic heterocycles. The van der Waals surface area contributed by atoms with Crippen LogP contribution in [0.25, 0.3) is 0 Å². The first-order valence-electron chi connectivity index (χ1n) is 6.52. The molecule has 0 spiro atoms. The number of aliphatic hydroxyl groups excluding tert-OH is 1. The van der Waals surface area contributed by atoms with Crippen molar-refractivity contribution < 1.29 is 5.11 Å². The molecule has 0 radical (unpaired) electrons. The van der Waals surface area contributed by atoms with Crippen LogP contribution in [-0.4, -0.2) is 14.9 Å². The number of unbranched alkanes of at least 4 members (excludes halogenated alkanes) is 5. The van der Waals surface area contributed by atoms with E-state index in [2.05, 4.69) is 28.0 Å². The molecule has 1 heterocycles. The first-order valence-corrected chi connectivity index (χ1v) is 7.31. The number of halogens is 1. The van der Waals surface area contributed by atoms with Crippen molar-refractivity contribution in [2.24, 2.45) is 7.05 Å². The van der Waals surface area contributed by atoms with Crippen LogP contribution >= 0.6 is 15.9 Å². The van der Waals surface area contributed by atoms with Crippen LogP contribution in [0.15, 0.2) is 10.7 Å². The number of hydrogen-bond donors (Lipinski definition) is 1. The predicted molar refractivity (Wildman–Crippen MR) is 73.9 cm³/mol. The molecule has 0 saturated carbocycles. The monoisotopic (exact) mass is 302 g/mol. The summed E-state index contributed by atoms with van der Waals surface area (Å²) in [6.07, 6.45) is 9.68. The molecule has 98 valence electrons.